The molecule has 31 heavy (non-hydrogen) atoms. The molecule has 0 saturated heterocycles. The predicted molar refractivity (Wildman–Crippen MR) is 128 cm³/mol. The second-order valence-electron chi connectivity index (χ2n) is 7.12. The molecule has 1 aromatic heterocycles. The standard InChI is InChI=1S/C21H17Cl3N2O3S2/c22-15-3-1-2-13(9-15)8-14-11-30-12-17-19(6-7-31(27,28)29)25-26(21(14)17)20-5-4-16(23)10-18(20)24/h1-7,9-10,14H,8,11-12H2,(H,27,28,29)/b7-6+. The fourth-order valence-electron chi connectivity index (χ4n) is 3.66. The molecule has 162 valence electrons. The van der Waals surface area contributed by atoms with Crippen LogP contribution in [0.15, 0.2) is 47.9 Å². The van der Waals surface area contributed by atoms with Crippen LogP contribution in [-0.2, 0) is 22.3 Å². The third-order valence-corrected chi connectivity index (χ3v) is 7.30. The number of halogens is 3. The molecular formula is C21H17Cl3N2O3S2. The summed E-state index contributed by atoms with van der Waals surface area (Å²) < 4.78 is 33.4. The summed E-state index contributed by atoms with van der Waals surface area (Å²) in [5, 5.41) is 7.01. The van der Waals surface area contributed by atoms with Crippen LogP contribution in [0.4, 0.5) is 0 Å². The Morgan fingerprint density at radius 2 is 1.94 bits per heavy atom. The molecule has 1 atom stereocenters. The van der Waals surface area contributed by atoms with Crippen molar-refractivity contribution in [3.8, 4) is 5.69 Å². The van der Waals surface area contributed by atoms with Crippen LogP contribution in [-0.4, -0.2) is 28.5 Å². The van der Waals surface area contributed by atoms with Gasteiger partial charge in [-0.25, -0.2) is 4.68 Å². The summed E-state index contributed by atoms with van der Waals surface area (Å²) in [6, 6.07) is 12.9. The smallest absolute Gasteiger partial charge is 0.282 e. The van der Waals surface area contributed by atoms with Gasteiger partial charge in [0.15, 0.2) is 0 Å². The Labute approximate surface area is 199 Å². The summed E-state index contributed by atoms with van der Waals surface area (Å²) >= 11 is 20.5. The Hall–Kier alpha value is -1.48. The second kappa shape index (κ2) is 9.17. The van der Waals surface area contributed by atoms with E-state index in [2.05, 4.69) is 5.10 Å². The fraction of sp³-hybridized carbons (Fsp3) is 0.190. The third kappa shape index (κ3) is 5.30. The summed E-state index contributed by atoms with van der Waals surface area (Å²) in [7, 11) is -4.28. The summed E-state index contributed by atoms with van der Waals surface area (Å²) in [4.78, 5) is 0. The molecule has 0 radical (unpaired) electrons. The predicted octanol–water partition coefficient (Wildman–Crippen LogP) is 6.26. The average molecular weight is 516 g/mol. The molecule has 2 aromatic carbocycles. The van der Waals surface area contributed by atoms with Crippen LogP contribution < -0.4 is 0 Å². The lowest BCUT2D eigenvalue weighted by molar-refractivity contribution is 0.494. The number of fused-ring (bicyclic) bond motifs is 1. The summed E-state index contributed by atoms with van der Waals surface area (Å²) in [5.74, 6) is 1.62. The molecule has 0 saturated carbocycles. The number of nitrogens with zero attached hydrogens (tertiary/aromatic N) is 2. The van der Waals surface area contributed by atoms with Gasteiger partial charge in [0.2, 0.25) is 0 Å². The van der Waals surface area contributed by atoms with Crippen molar-refractivity contribution >= 4 is 62.8 Å². The van der Waals surface area contributed by atoms with Crippen LogP contribution in [0, 0.1) is 0 Å². The Balaban J connectivity index is 1.86. The van der Waals surface area contributed by atoms with Crippen molar-refractivity contribution in [2.75, 3.05) is 5.75 Å². The summed E-state index contributed by atoms with van der Waals surface area (Å²) in [5.41, 5.74) is 4.09. The highest BCUT2D eigenvalue weighted by molar-refractivity contribution is 7.98. The molecule has 10 heteroatoms. The molecule has 1 unspecified atom stereocenters. The highest BCUT2D eigenvalue weighted by Gasteiger charge is 2.30. The van der Waals surface area contributed by atoms with E-state index in [1.54, 1.807) is 34.6 Å². The van der Waals surface area contributed by atoms with E-state index < -0.39 is 10.1 Å². The van der Waals surface area contributed by atoms with E-state index in [9.17, 15) is 8.42 Å². The molecule has 1 aliphatic rings. The molecule has 5 nitrogen and oxygen atoms in total. The van der Waals surface area contributed by atoms with E-state index in [1.165, 1.54) is 6.08 Å². The van der Waals surface area contributed by atoms with E-state index in [-0.39, 0.29) is 5.92 Å². The molecule has 0 amide bonds. The van der Waals surface area contributed by atoms with Gasteiger partial charge in [0.05, 0.1) is 27.5 Å². The van der Waals surface area contributed by atoms with Gasteiger partial charge in [0.1, 0.15) is 0 Å². The Morgan fingerprint density at radius 1 is 1.16 bits per heavy atom. The molecule has 0 spiro atoms. The lowest BCUT2D eigenvalue weighted by Crippen LogP contribution is -2.17. The minimum absolute atomic E-state index is 0.0966. The average Bonchev–Trinajstić information content (AvgIpc) is 3.05. The monoisotopic (exact) mass is 514 g/mol. The van der Waals surface area contributed by atoms with Crippen molar-refractivity contribution in [3.63, 3.8) is 0 Å². The van der Waals surface area contributed by atoms with E-state index in [0.29, 0.717) is 32.2 Å². The topological polar surface area (TPSA) is 72.2 Å². The van der Waals surface area contributed by atoms with Crippen molar-refractivity contribution in [3.05, 3.63) is 85.5 Å². The minimum Gasteiger partial charge on any atom is -0.282 e. The number of aromatic nitrogens is 2. The van der Waals surface area contributed by atoms with E-state index in [0.717, 1.165) is 34.4 Å². The third-order valence-electron chi connectivity index (χ3n) is 4.91. The van der Waals surface area contributed by atoms with Crippen LogP contribution in [0.1, 0.15) is 28.4 Å². The van der Waals surface area contributed by atoms with Crippen LogP contribution in [0.25, 0.3) is 11.8 Å². The van der Waals surface area contributed by atoms with Gasteiger partial charge in [0.25, 0.3) is 10.1 Å². The first-order valence-electron chi connectivity index (χ1n) is 9.26. The van der Waals surface area contributed by atoms with Crippen molar-refractivity contribution < 1.29 is 13.0 Å². The lowest BCUT2D eigenvalue weighted by Gasteiger charge is -2.25. The van der Waals surface area contributed by atoms with Gasteiger partial charge in [-0.05, 0) is 48.4 Å². The van der Waals surface area contributed by atoms with Crippen LogP contribution in [0.5, 0.6) is 0 Å². The highest BCUT2D eigenvalue weighted by Crippen LogP contribution is 2.40. The van der Waals surface area contributed by atoms with E-state index in [1.807, 2.05) is 24.3 Å². The first kappa shape index (κ1) is 22.7. The molecule has 0 aliphatic carbocycles. The summed E-state index contributed by atoms with van der Waals surface area (Å²) in [6.45, 7) is 0. The Morgan fingerprint density at radius 3 is 2.65 bits per heavy atom. The van der Waals surface area contributed by atoms with Gasteiger partial charge < -0.3 is 0 Å². The second-order valence-corrected chi connectivity index (χ2v) is 10.7. The van der Waals surface area contributed by atoms with E-state index >= 15 is 0 Å². The quantitative estimate of drug-likeness (QED) is 0.406. The maximum absolute atomic E-state index is 11.3. The molecule has 0 fully saturated rings. The van der Waals surface area contributed by atoms with Crippen molar-refractivity contribution in [1.29, 1.82) is 0 Å². The Bertz CT molecular complexity index is 1270. The van der Waals surface area contributed by atoms with Crippen molar-refractivity contribution in [2.45, 2.75) is 18.1 Å². The lowest BCUT2D eigenvalue weighted by atomic mass is 9.94. The molecular weight excluding hydrogens is 499 g/mol. The van der Waals surface area contributed by atoms with Gasteiger partial charge in [-0.2, -0.15) is 25.3 Å². The zero-order valence-electron chi connectivity index (χ0n) is 16.0. The van der Waals surface area contributed by atoms with Crippen LogP contribution in [0.3, 0.4) is 0 Å². The number of hydrogen-bond donors (Lipinski definition) is 1. The first-order chi connectivity index (χ1) is 14.7. The maximum Gasteiger partial charge on any atom is 0.287 e. The van der Waals surface area contributed by atoms with E-state index in [4.69, 9.17) is 39.4 Å². The molecule has 4 rings (SSSR count). The Kier molecular flexibility index (Phi) is 6.72. The maximum atomic E-state index is 11.3. The first-order valence-corrected chi connectivity index (χ1v) is 13.1. The van der Waals surface area contributed by atoms with Crippen LogP contribution in [0.2, 0.25) is 15.1 Å². The van der Waals surface area contributed by atoms with Gasteiger partial charge in [-0.3, -0.25) is 4.55 Å². The zero-order chi connectivity index (χ0) is 22.2. The molecule has 0 bridgehead atoms. The van der Waals surface area contributed by atoms with Gasteiger partial charge in [-0.15, -0.1) is 0 Å². The number of thioether (sulfide) groups is 1. The van der Waals surface area contributed by atoms with Gasteiger partial charge in [0, 0.05) is 33.0 Å². The summed E-state index contributed by atoms with van der Waals surface area (Å²) in [6.07, 6.45) is 2.05. The molecule has 1 aliphatic heterocycles. The highest BCUT2D eigenvalue weighted by atomic mass is 35.5. The van der Waals surface area contributed by atoms with Gasteiger partial charge >= 0.3 is 0 Å². The van der Waals surface area contributed by atoms with Gasteiger partial charge in [-0.1, -0.05) is 46.9 Å². The number of benzene rings is 2. The minimum atomic E-state index is -4.28. The molecule has 3 aromatic rings. The largest absolute Gasteiger partial charge is 0.287 e. The zero-order valence-corrected chi connectivity index (χ0v) is 19.9. The molecule has 1 N–H and O–H groups in total. The SMILES string of the molecule is O=S(=O)(O)/C=C/c1nn(-c2ccc(Cl)cc2Cl)c2c1CSCC2Cc1cccc(Cl)c1. The van der Waals surface area contributed by atoms with Crippen molar-refractivity contribution in [2.24, 2.45) is 0 Å². The van der Waals surface area contributed by atoms with Crippen molar-refractivity contribution in [1.82, 2.24) is 9.78 Å². The number of rotatable bonds is 5. The van der Waals surface area contributed by atoms with Crippen LogP contribution >= 0.6 is 46.6 Å². The normalized spacial score (nSPS) is 16.6. The molecule has 2 heterocycles. The number of hydrogen-bond acceptors (Lipinski definition) is 4. The fourth-order valence-corrected chi connectivity index (χ4v) is 5.84.